The number of ether oxygens (including phenoxy) is 3. The summed E-state index contributed by atoms with van der Waals surface area (Å²) in [4.78, 5) is 23.0. The lowest BCUT2D eigenvalue weighted by atomic mass is 9.83. The fraction of sp³-hybridized carbons (Fsp3) is 0.833. The van der Waals surface area contributed by atoms with Crippen LogP contribution in [0.25, 0.3) is 0 Å². The van der Waals surface area contributed by atoms with Crippen molar-refractivity contribution in [3.63, 3.8) is 0 Å². The van der Waals surface area contributed by atoms with Crippen LogP contribution < -0.4 is 5.32 Å². The minimum atomic E-state index is -0.689. The molecule has 18 heavy (non-hydrogen) atoms. The molecule has 0 aromatic rings. The Bertz CT molecular complexity index is 316. The molecule has 1 heterocycles. The summed E-state index contributed by atoms with van der Waals surface area (Å²) in [5.41, 5.74) is -0.299. The lowest BCUT2D eigenvalue weighted by Gasteiger charge is -2.38. The molecule has 1 aliphatic rings. The number of hydrogen-bond donors (Lipinski definition) is 1. The Kier molecular flexibility index (Phi) is 4.95. The number of rotatable bonds is 3. The van der Waals surface area contributed by atoms with E-state index < -0.39 is 18.1 Å². The Hall–Kier alpha value is -1.30. The standard InChI is InChI=1S/C12H21NO5/c1-12(2)7-8(5-6-18-12)9(10(14)16-3)13-11(15)17-4/h8-9H,5-7H2,1-4H3,(H,13,15)/t8-,9+/m0/s1. The van der Waals surface area contributed by atoms with Crippen LogP contribution in [0, 0.1) is 5.92 Å². The van der Waals surface area contributed by atoms with E-state index in [4.69, 9.17) is 9.47 Å². The van der Waals surface area contributed by atoms with Crippen molar-refractivity contribution in [2.45, 2.75) is 38.3 Å². The number of hydrogen-bond acceptors (Lipinski definition) is 5. The molecule has 1 aliphatic heterocycles. The van der Waals surface area contributed by atoms with Crippen molar-refractivity contribution in [2.75, 3.05) is 20.8 Å². The van der Waals surface area contributed by atoms with Gasteiger partial charge in [0.1, 0.15) is 6.04 Å². The maximum absolute atomic E-state index is 11.7. The van der Waals surface area contributed by atoms with Crippen LogP contribution in [0.3, 0.4) is 0 Å². The van der Waals surface area contributed by atoms with Gasteiger partial charge in [0.2, 0.25) is 0 Å². The van der Waals surface area contributed by atoms with Crippen LogP contribution in [0.15, 0.2) is 0 Å². The summed E-state index contributed by atoms with van der Waals surface area (Å²) < 4.78 is 14.9. The lowest BCUT2D eigenvalue weighted by Crippen LogP contribution is -2.50. The predicted octanol–water partition coefficient (Wildman–Crippen LogP) is 1.09. The van der Waals surface area contributed by atoms with E-state index in [0.29, 0.717) is 19.4 Å². The topological polar surface area (TPSA) is 73.9 Å². The van der Waals surface area contributed by atoms with Crippen LogP contribution in [0.5, 0.6) is 0 Å². The second-order valence-electron chi connectivity index (χ2n) is 5.00. The minimum absolute atomic E-state index is 0.0136. The average molecular weight is 259 g/mol. The zero-order valence-electron chi connectivity index (χ0n) is 11.3. The molecule has 0 aliphatic carbocycles. The van der Waals surface area contributed by atoms with E-state index in [1.54, 1.807) is 0 Å². The molecule has 6 nitrogen and oxygen atoms in total. The van der Waals surface area contributed by atoms with Gasteiger partial charge in [0.15, 0.2) is 0 Å². The van der Waals surface area contributed by atoms with Gasteiger partial charge in [0.05, 0.1) is 19.8 Å². The Labute approximate surface area is 107 Å². The molecule has 0 saturated carbocycles. The van der Waals surface area contributed by atoms with Gasteiger partial charge in [-0.2, -0.15) is 0 Å². The van der Waals surface area contributed by atoms with Crippen LogP contribution in [0.1, 0.15) is 26.7 Å². The van der Waals surface area contributed by atoms with Crippen molar-refractivity contribution in [2.24, 2.45) is 5.92 Å². The number of amides is 1. The van der Waals surface area contributed by atoms with E-state index in [2.05, 4.69) is 10.1 Å². The molecule has 0 aromatic heterocycles. The number of carbonyl (C=O) groups excluding carboxylic acids is 2. The summed E-state index contributed by atoms with van der Waals surface area (Å²) >= 11 is 0. The van der Waals surface area contributed by atoms with Crippen LogP contribution >= 0.6 is 0 Å². The minimum Gasteiger partial charge on any atom is -0.467 e. The smallest absolute Gasteiger partial charge is 0.407 e. The highest BCUT2D eigenvalue weighted by atomic mass is 16.5. The number of esters is 1. The monoisotopic (exact) mass is 259 g/mol. The number of carbonyl (C=O) groups is 2. The molecular weight excluding hydrogens is 238 g/mol. The normalized spacial score (nSPS) is 23.9. The fourth-order valence-electron chi connectivity index (χ4n) is 2.25. The highest BCUT2D eigenvalue weighted by molar-refractivity contribution is 5.81. The lowest BCUT2D eigenvalue weighted by molar-refractivity contribution is -0.147. The maximum atomic E-state index is 11.7. The first-order valence-corrected chi connectivity index (χ1v) is 5.96. The van der Waals surface area contributed by atoms with Gasteiger partial charge in [0.25, 0.3) is 0 Å². The fourth-order valence-corrected chi connectivity index (χ4v) is 2.25. The summed E-state index contributed by atoms with van der Waals surface area (Å²) in [5.74, 6) is -0.469. The van der Waals surface area contributed by atoms with Crippen LogP contribution in [-0.2, 0) is 19.0 Å². The first-order chi connectivity index (χ1) is 8.39. The second-order valence-corrected chi connectivity index (χ2v) is 5.00. The molecule has 0 radical (unpaired) electrons. The van der Waals surface area contributed by atoms with Crippen molar-refractivity contribution >= 4 is 12.1 Å². The molecule has 1 saturated heterocycles. The van der Waals surface area contributed by atoms with Gasteiger partial charge in [-0.1, -0.05) is 0 Å². The number of nitrogens with one attached hydrogen (secondary N) is 1. The molecule has 2 atom stereocenters. The Morgan fingerprint density at radius 1 is 1.33 bits per heavy atom. The van der Waals surface area contributed by atoms with E-state index in [0.717, 1.165) is 0 Å². The molecule has 0 bridgehead atoms. The van der Waals surface area contributed by atoms with Crippen molar-refractivity contribution in [1.82, 2.24) is 5.32 Å². The van der Waals surface area contributed by atoms with Crippen molar-refractivity contribution in [3.05, 3.63) is 0 Å². The molecular formula is C12H21NO5. The Morgan fingerprint density at radius 3 is 2.50 bits per heavy atom. The van der Waals surface area contributed by atoms with E-state index in [9.17, 15) is 9.59 Å². The third-order valence-electron chi connectivity index (χ3n) is 3.12. The van der Waals surface area contributed by atoms with Crippen LogP contribution in [-0.4, -0.2) is 44.5 Å². The number of alkyl carbamates (subject to hydrolysis) is 1. The zero-order chi connectivity index (χ0) is 13.8. The molecule has 0 unspecified atom stereocenters. The van der Waals surface area contributed by atoms with Gasteiger partial charge in [0, 0.05) is 6.61 Å². The van der Waals surface area contributed by atoms with Gasteiger partial charge in [-0.05, 0) is 32.6 Å². The molecule has 1 fully saturated rings. The third-order valence-corrected chi connectivity index (χ3v) is 3.12. The molecule has 1 amide bonds. The maximum Gasteiger partial charge on any atom is 0.407 e. The SMILES string of the molecule is COC(=O)N[C@@H](C(=O)OC)[C@H]1CCOC(C)(C)C1. The highest BCUT2D eigenvalue weighted by Gasteiger charge is 2.38. The first-order valence-electron chi connectivity index (χ1n) is 5.96. The van der Waals surface area contributed by atoms with E-state index in [-0.39, 0.29) is 11.5 Å². The van der Waals surface area contributed by atoms with Crippen LogP contribution in [0.2, 0.25) is 0 Å². The van der Waals surface area contributed by atoms with Crippen LogP contribution in [0.4, 0.5) is 4.79 Å². The quantitative estimate of drug-likeness (QED) is 0.768. The third kappa shape index (κ3) is 3.87. The van der Waals surface area contributed by atoms with Gasteiger partial charge < -0.3 is 19.5 Å². The van der Waals surface area contributed by atoms with Gasteiger partial charge >= 0.3 is 12.1 Å². The second kappa shape index (κ2) is 6.04. The van der Waals surface area contributed by atoms with Gasteiger partial charge in [-0.25, -0.2) is 9.59 Å². The molecule has 104 valence electrons. The Morgan fingerprint density at radius 2 is 2.00 bits per heavy atom. The summed E-state index contributed by atoms with van der Waals surface area (Å²) in [6.07, 6.45) is 0.749. The molecule has 1 N–H and O–H groups in total. The summed E-state index contributed by atoms with van der Waals surface area (Å²) in [5, 5.41) is 2.53. The van der Waals surface area contributed by atoms with E-state index in [1.165, 1.54) is 14.2 Å². The predicted molar refractivity (Wildman–Crippen MR) is 64.1 cm³/mol. The average Bonchev–Trinajstić information content (AvgIpc) is 2.33. The molecule has 0 aromatic carbocycles. The van der Waals surface area contributed by atoms with E-state index in [1.807, 2.05) is 13.8 Å². The summed E-state index contributed by atoms with van der Waals surface area (Å²) in [6, 6.07) is -0.689. The molecule has 6 heteroatoms. The summed E-state index contributed by atoms with van der Waals surface area (Å²) in [7, 11) is 2.57. The van der Waals surface area contributed by atoms with Crippen molar-refractivity contribution in [3.8, 4) is 0 Å². The van der Waals surface area contributed by atoms with E-state index >= 15 is 0 Å². The Balaban J connectivity index is 2.75. The first kappa shape index (κ1) is 14.8. The van der Waals surface area contributed by atoms with Gasteiger partial charge in [-0.3, -0.25) is 0 Å². The number of methoxy groups -OCH3 is 2. The highest BCUT2D eigenvalue weighted by Crippen LogP contribution is 2.31. The molecule has 0 spiro atoms. The molecule has 1 rings (SSSR count). The van der Waals surface area contributed by atoms with Gasteiger partial charge in [-0.15, -0.1) is 0 Å². The van der Waals surface area contributed by atoms with Crippen molar-refractivity contribution in [1.29, 1.82) is 0 Å². The van der Waals surface area contributed by atoms with Crippen molar-refractivity contribution < 1.29 is 23.8 Å². The zero-order valence-corrected chi connectivity index (χ0v) is 11.3. The summed E-state index contributed by atoms with van der Waals surface area (Å²) in [6.45, 7) is 4.49. The largest absolute Gasteiger partial charge is 0.467 e.